The minimum atomic E-state index is -1.33. The number of amides is 2. The Morgan fingerprint density at radius 1 is 1.11 bits per heavy atom. The van der Waals surface area contributed by atoms with Gasteiger partial charge in [0.1, 0.15) is 23.6 Å². The Balaban J connectivity index is 1.35. The second-order valence-corrected chi connectivity index (χ2v) is 9.80. The summed E-state index contributed by atoms with van der Waals surface area (Å²) in [5.74, 6) is -1.54. The molecule has 6 nitrogen and oxygen atoms in total. The maximum absolute atomic E-state index is 14.4. The molecule has 3 N–H and O–H groups in total. The molecule has 4 aromatic rings. The highest BCUT2D eigenvalue weighted by molar-refractivity contribution is 6.30. The molecule has 0 aliphatic carbocycles. The number of likely N-dealkylation sites (tertiary alicyclic amines) is 1. The van der Waals surface area contributed by atoms with Gasteiger partial charge in [0.05, 0.1) is 24.3 Å². The van der Waals surface area contributed by atoms with Gasteiger partial charge in [-0.1, -0.05) is 41.9 Å². The highest BCUT2D eigenvalue weighted by atomic mass is 35.5. The molecule has 1 aliphatic heterocycles. The lowest BCUT2D eigenvalue weighted by Crippen LogP contribution is -2.46. The third kappa shape index (κ3) is 5.28. The fraction of sp³-hybridized carbons (Fsp3) is 0.241. The maximum atomic E-state index is 14.4. The van der Waals surface area contributed by atoms with Crippen molar-refractivity contribution < 1.29 is 22.8 Å². The van der Waals surface area contributed by atoms with Crippen molar-refractivity contribution in [3.8, 4) is 11.1 Å². The van der Waals surface area contributed by atoms with Gasteiger partial charge in [-0.25, -0.2) is 8.78 Å². The summed E-state index contributed by atoms with van der Waals surface area (Å²) in [7, 11) is 0. The number of alkyl halides is 1. The molecule has 1 aliphatic rings. The van der Waals surface area contributed by atoms with Gasteiger partial charge in [-0.15, -0.1) is 0 Å². The van der Waals surface area contributed by atoms with Crippen molar-refractivity contribution in [3.63, 3.8) is 0 Å². The van der Waals surface area contributed by atoms with Crippen molar-refractivity contribution >= 4 is 34.4 Å². The van der Waals surface area contributed by atoms with Gasteiger partial charge in [0.25, 0.3) is 0 Å². The van der Waals surface area contributed by atoms with Crippen LogP contribution in [0.4, 0.5) is 8.78 Å². The molecule has 1 fully saturated rings. The van der Waals surface area contributed by atoms with Gasteiger partial charge in [0, 0.05) is 36.0 Å². The van der Waals surface area contributed by atoms with E-state index in [-0.39, 0.29) is 42.4 Å². The molecule has 38 heavy (non-hydrogen) atoms. The fourth-order valence-corrected chi connectivity index (χ4v) is 5.09. The SMILES string of the molecule is NCc1cccc(-c2cc(CC(=O)N3CC(F)CC3C(=O)NCc3cccc(Cl)c3F)cc3ccoc23)c1. The molecule has 3 aromatic carbocycles. The summed E-state index contributed by atoms with van der Waals surface area (Å²) in [6.45, 7) is 0.0883. The van der Waals surface area contributed by atoms with Crippen molar-refractivity contribution in [1.82, 2.24) is 10.2 Å². The summed E-state index contributed by atoms with van der Waals surface area (Å²) in [5.41, 5.74) is 10.1. The van der Waals surface area contributed by atoms with E-state index in [0.29, 0.717) is 17.7 Å². The average Bonchev–Trinajstić information content (AvgIpc) is 3.55. The Kier molecular flexibility index (Phi) is 7.44. The Hall–Kier alpha value is -3.75. The zero-order valence-corrected chi connectivity index (χ0v) is 21.2. The fourth-order valence-electron chi connectivity index (χ4n) is 4.90. The number of halogens is 3. The Morgan fingerprint density at radius 3 is 2.74 bits per heavy atom. The molecule has 0 saturated carbocycles. The van der Waals surface area contributed by atoms with Crippen LogP contribution >= 0.6 is 11.6 Å². The van der Waals surface area contributed by atoms with Crippen LogP contribution in [0.3, 0.4) is 0 Å². The average molecular weight is 538 g/mol. The number of nitrogens with two attached hydrogens (primary N) is 1. The van der Waals surface area contributed by atoms with E-state index in [1.165, 1.54) is 17.0 Å². The lowest BCUT2D eigenvalue weighted by molar-refractivity contribution is -0.138. The van der Waals surface area contributed by atoms with E-state index in [1.54, 1.807) is 12.3 Å². The standard InChI is InChI=1S/C29H26ClF2N3O3/c30-24-6-2-5-21(27(24)32)15-34-29(37)25-13-22(31)16-35(25)26(36)12-18-10-20-7-8-38-28(20)23(11-18)19-4-1-3-17(9-19)14-33/h1-11,22,25H,12-16,33H2,(H,34,37). The van der Waals surface area contributed by atoms with E-state index in [4.69, 9.17) is 21.8 Å². The Bertz CT molecular complexity index is 1510. The molecule has 2 atom stereocenters. The predicted octanol–water partition coefficient (Wildman–Crippen LogP) is 5.15. The zero-order chi connectivity index (χ0) is 26.8. The smallest absolute Gasteiger partial charge is 0.243 e. The minimum absolute atomic E-state index is 0.0237. The summed E-state index contributed by atoms with van der Waals surface area (Å²) in [4.78, 5) is 27.5. The molecule has 0 bridgehead atoms. The van der Waals surface area contributed by atoms with Crippen molar-refractivity contribution in [2.24, 2.45) is 5.73 Å². The summed E-state index contributed by atoms with van der Waals surface area (Å²) < 4.78 is 34.3. The number of benzene rings is 3. The van der Waals surface area contributed by atoms with Gasteiger partial charge < -0.3 is 20.4 Å². The van der Waals surface area contributed by atoms with Crippen LogP contribution in [0, 0.1) is 5.82 Å². The normalized spacial score (nSPS) is 17.2. The third-order valence-corrected chi connectivity index (χ3v) is 7.09. The van der Waals surface area contributed by atoms with Gasteiger partial charge in [-0.05, 0) is 47.0 Å². The number of furan rings is 1. The van der Waals surface area contributed by atoms with Crippen LogP contribution in [0.5, 0.6) is 0 Å². The molecule has 5 rings (SSSR count). The minimum Gasteiger partial charge on any atom is -0.464 e. The van der Waals surface area contributed by atoms with Crippen LogP contribution in [0.2, 0.25) is 5.02 Å². The number of fused-ring (bicyclic) bond motifs is 1. The molecule has 0 spiro atoms. The summed E-state index contributed by atoms with van der Waals surface area (Å²) in [5, 5.41) is 3.39. The first-order chi connectivity index (χ1) is 18.3. The van der Waals surface area contributed by atoms with Crippen LogP contribution in [-0.4, -0.2) is 35.5 Å². The molecule has 2 unspecified atom stereocenters. The molecule has 1 saturated heterocycles. The topological polar surface area (TPSA) is 88.6 Å². The van der Waals surface area contributed by atoms with Gasteiger partial charge in [-0.3, -0.25) is 9.59 Å². The highest BCUT2D eigenvalue weighted by Gasteiger charge is 2.39. The zero-order valence-electron chi connectivity index (χ0n) is 20.4. The first-order valence-electron chi connectivity index (χ1n) is 12.3. The van der Waals surface area contributed by atoms with Crippen LogP contribution < -0.4 is 11.1 Å². The first kappa shape index (κ1) is 25.9. The molecule has 1 aromatic heterocycles. The lowest BCUT2D eigenvalue weighted by atomic mass is 9.97. The summed E-state index contributed by atoms with van der Waals surface area (Å²) in [6.07, 6.45) is 0.116. The number of nitrogens with zero attached hydrogens (tertiary/aromatic N) is 1. The molecule has 9 heteroatoms. The van der Waals surface area contributed by atoms with Crippen LogP contribution in [0.15, 0.2) is 71.3 Å². The maximum Gasteiger partial charge on any atom is 0.243 e. The number of hydrogen-bond donors (Lipinski definition) is 2. The van der Waals surface area contributed by atoms with Crippen LogP contribution in [0.1, 0.15) is 23.1 Å². The lowest BCUT2D eigenvalue weighted by Gasteiger charge is -2.24. The molecular formula is C29H26ClF2N3O3. The third-order valence-electron chi connectivity index (χ3n) is 6.80. The number of rotatable bonds is 7. The van der Waals surface area contributed by atoms with Crippen LogP contribution in [0.25, 0.3) is 22.1 Å². The molecular weight excluding hydrogens is 512 g/mol. The molecule has 196 valence electrons. The number of carbonyl (C=O) groups is 2. The first-order valence-corrected chi connectivity index (χ1v) is 12.7. The van der Waals surface area contributed by atoms with E-state index < -0.39 is 23.9 Å². The second kappa shape index (κ2) is 10.9. The van der Waals surface area contributed by atoms with Gasteiger partial charge in [0.2, 0.25) is 11.8 Å². The summed E-state index contributed by atoms with van der Waals surface area (Å²) >= 11 is 5.81. The monoisotopic (exact) mass is 537 g/mol. The Labute approximate surface area is 223 Å². The van der Waals surface area contributed by atoms with Crippen LogP contribution in [-0.2, 0) is 29.1 Å². The number of nitrogens with one attached hydrogen (secondary N) is 1. The van der Waals surface area contributed by atoms with Crippen molar-refractivity contribution in [3.05, 3.63) is 94.5 Å². The van der Waals surface area contributed by atoms with E-state index in [0.717, 1.165) is 22.1 Å². The van der Waals surface area contributed by atoms with E-state index in [1.807, 2.05) is 42.5 Å². The molecule has 2 amide bonds. The quantitative estimate of drug-likeness (QED) is 0.341. The highest BCUT2D eigenvalue weighted by Crippen LogP contribution is 2.32. The van der Waals surface area contributed by atoms with Gasteiger partial charge in [0.15, 0.2) is 0 Å². The van der Waals surface area contributed by atoms with Gasteiger partial charge in [-0.2, -0.15) is 0 Å². The molecule has 2 heterocycles. The van der Waals surface area contributed by atoms with Gasteiger partial charge >= 0.3 is 0 Å². The summed E-state index contributed by atoms with van der Waals surface area (Å²) in [6, 6.07) is 16.8. The molecule has 0 radical (unpaired) electrons. The van der Waals surface area contributed by atoms with Crippen molar-refractivity contribution in [2.45, 2.75) is 38.1 Å². The second-order valence-electron chi connectivity index (χ2n) is 9.39. The Morgan fingerprint density at radius 2 is 1.92 bits per heavy atom. The number of carbonyl (C=O) groups excluding carboxylic acids is 2. The van der Waals surface area contributed by atoms with E-state index in [9.17, 15) is 18.4 Å². The predicted molar refractivity (Wildman–Crippen MR) is 142 cm³/mol. The van der Waals surface area contributed by atoms with E-state index in [2.05, 4.69) is 5.32 Å². The van der Waals surface area contributed by atoms with Crippen molar-refractivity contribution in [2.75, 3.05) is 6.54 Å². The van der Waals surface area contributed by atoms with E-state index >= 15 is 0 Å². The van der Waals surface area contributed by atoms with Crippen molar-refractivity contribution in [1.29, 1.82) is 0 Å². The number of hydrogen-bond acceptors (Lipinski definition) is 4. The largest absolute Gasteiger partial charge is 0.464 e.